The Hall–Kier alpha value is -5.78. The molecule has 1 saturated carbocycles. The number of benzene rings is 7. The highest BCUT2D eigenvalue weighted by Gasteiger charge is 2.58. The quantitative estimate of drug-likeness (QED) is 0.165. The van der Waals surface area contributed by atoms with Gasteiger partial charge in [-0.25, -0.2) is 0 Å². The monoisotopic (exact) mass is 723 g/mol. The highest BCUT2D eigenvalue weighted by molar-refractivity contribution is 7.25. The van der Waals surface area contributed by atoms with Crippen LogP contribution in [0.5, 0.6) is 0 Å². The van der Waals surface area contributed by atoms with E-state index in [9.17, 15) is 0 Å². The SMILES string of the molecule is CC12CCCCC1(C)N(c1cc3c4c5c1c1ccccc1n5-c1ccccc1B4N(c1ccccc1)c1cc4c(cc1-3)sc1ccccc14)c1ccccc12. The summed E-state index contributed by atoms with van der Waals surface area (Å²) in [7, 11) is 0. The summed E-state index contributed by atoms with van der Waals surface area (Å²) in [6, 6.07) is 55.5. The fraction of sp³-hybridized carbons (Fsp3) is 0.160. The largest absolute Gasteiger partial charge is 0.376 e. The van der Waals surface area contributed by atoms with Gasteiger partial charge in [0.05, 0.1) is 22.3 Å². The van der Waals surface area contributed by atoms with E-state index in [-0.39, 0.29) is 17.8 Å². The number of fused-ring (bicyclic) bond motifs is 14. The van der Waals surface area contributed by atoms with Crippen LogP contribution in [0, 0.1) is 0 Å². The van der Waals surface area contributed by atoms with Crippen LogP contribution in [0.2, 0.25) is 0 Å². The van der Waals surface area contributed by atoms with Gasteiger partial charge in [-0.2, -0.15) is 0 Å². The normalized spacial score (nSPS) is 20.7. The third-order valence-corrected chi connectivity index (χ3v) is 15.4. The van der Waals surface area contributed by atoms with Gasteiger partial charge in [-0.05, 0) is 96.4 Å². The lowest BCUT2D eigenvalue weighted by Gasteiger charge is -2.51. The van der Waals surface area contributed by atoms with Crippen molar-refractivity contribution in [2.75, 3.05) is 9.71 Å². The topological polar surface area (TPSA) is 11.4 Å². The number of hydrogen-bond donors (Lipinski definition) is 0. The predicted molar refractivity (Wildman–Crippen MR) is 236 cm³/mol. The molecule has 0 saturated heterocycles. The Morgan fingerprint density at radius 3 is 2.20 bits per heavy atom. The molecule has 2 unspecified atom stereocenters. The van der Waals surface area contributed by atoms with Crippen molar-refractivity contribution >= 4 is 93.8 Å². The summed E-state index contributed by atoms with van der Waals surface area (Å²) in [5.74, 6) is 0. The molecule has 0 radical (unpaired) electrons. The van der Waals surface area contributed by atoms with E-state index in [0.717, 1.165) is 0 Å². The third kappa shape index (κ3) is 3.64. The van der Waals surface area contributed by atoms with Crippen LogP contribution in [0.25, 0.3) is 58.8 Å². The van der Waals surface area contributed by atoms with E-state index in [1.165, 1.54) is 124 Å². The Bertz CT molecular complexity index is 3120. The lowest BCUT2D eigenvalue weighted by molar-refractivity contribution is 0.195. The average Bonchev–Trinajstić information content (AvgIpc) is 3.84. The third-order valence-electron chi connectivity index (χ3n) is 14.3. The number of para-hydroxylation sites is 4. The van der Waals surface area contributed by atoms with E-state index in [0.29, 0.717) is 0 Å². The first-order valence-corrected chi connectivity index (χ1v) is 20.8. The van der Waals surface area contributed by atoms with Crippen molar-refractivity contribution in [3.8, 4) is 16.8 Å². The van der Waals surface area contributed by atoms with Gasteiger partial charge in [0, 0.05) is 64.7 Å². The van der Waals surface area contributed by atoms with E-state index >= 15 is 0 Å². The molecule has 7 aromatic carbocycles. The molecule has 4 aliphatic rings. The van der Waals surface area contributed by atoms with Crippen LogP contribution >= 0.6 is 11.3 Å². The first-order chi connectivity index (χ1) is 27.0. The predicted octanol–water partition coefficient (Wildman–Crippen LogP) is 12.1. The second-order valence-electron chi connectivity index (χ2n) is 16.7. The molecule has 3 nitrogen and oxygen atoms in total. The second kappa shape index (κ2) is 10.5. The Labute approximate surface area is 325 Å². The Morgan fingerprint density at radius 1 is 0.582 bits per heavy atom. The van der Waals surface area contributed by atoms with E-state index < -0.39 is 0 Å². The van der Waals surface area contributed by atoms with Crippen LogP contribution < -0.4 is 20.6 Å². The number of aromatic nitrogens is 1. The highest BCUT2D eigenvalue weighted by Crippen LogP contribution is 2.62. The molecule has 3 aliphatic heterocycles. The summed E-state index contributed by atoms with van der Waals surface area (Å²) in [4.78, 5) is 5.48. The molecule has 13 rings (SSSR count). The van der Waals surface area contributed by atoms with Gasteiger partial charge in [0.1, 0.15) is 0 Å². The molecule has 9 aromatic rings. The van der Waals surface area contributed by atoms with Gasteiger partial charge < -0.3 is 14.3 Å². The van der Waals surface area contributed by atoms with Gasteiger partial charge >= 0.3 is 6.85 Å². The molecule has 0 spiro atoms. The van der Waals surface area contributed by atoms with Crippen LogP contribution in [0.1, 0.15) is 45.1 Å². The minimum absolute atomic E-state index is 0.00166. The van der Waals surface area contributed by atoms with Crippen molar-refractivity contribution in [2.45, 2.75) is 50.5 Å². The lowest BCUT2D eigenvalue weighted by Crippen LogP contribution is -2.60. The second-order valence-corrected chi connectivity index (χ2v) is 17.8. The molecule has 0 bridgehead atoms. The van der Waals surface area contributed by atoms with Gasteiger partial charge in [-0.1, -0.05) is 111 Å². The lowest BCUT2D eigenvalue weighted by atomic mass is 9.44. The minimum Gasteiger partial charge on any atom is -0.376 e. The molecule has 5 heterocycles. The van der Waals surface area contributed by atoms with Gasteiger partial charge in [-0.3, -0.25) is 0 Å². The fourth-order valence-electron chi connectivity index (χ4n) is 11.7. The number of thiophene rings is 1. The number of anilines is 4. The smallest absolute Gasteiger partial charge is 0.333 e. The molecule has 0 amide bonds. The van der Waals surface area contributed by atoms with Crippen molar-refractivity contribution in [2.24, 2.45) is 0 Å². The zero-order chi connectivity index (χ0) is 36.2. The molecule has 55 heavy (non-hydrogen) atoms. The zero-order valence-corrected chi connectivity index (χ0v) is 31.8. The Morgan fingerprint density at radius 2 is 1.31 bits per heavy atom. The molecule has 262 valence electrons. The maximum atomic E-state index is 2.82. The van der Waals surface area contributed by atoms with Gasteiger partial charge in [0.2, 0.25) is 0 Å². The van der Waals surface area contributed by atoms with Crippen LogP contribution in [0.15, 0.2) is 146 Å². The summed E-state index contributed by atoms with van der Waals surface area (Å²) >= 11 is 1.92. The van der Waals surface area contributed by atoms with Crippen LogP contribution in [-0.4, -0.2) is 17.0 Å². The van der Waals surface area contributed by atoms with Crippen LogP contribution in [0.4, 0.5) is 22.7 Å². The van der Waals surface area contributed by atoms with Crippen molar-refractivity contribution in [1.82, 2.24) is 4.57 Å². The summed E-state index contributed by atoms with van der Waals surface area (Å²) in [6.07, 6.45) is 4.91. The molecule has 1 fully saturated rings. The first kappa shape index (κ1) is 30.5. The molecule has 1 aliphatic carbocycles. The maximum Gasteiger partial charge on any atom is 0.333 e. The standard InChI is InChI=1S/C50H38BN3S/c1-49-26-14-15-27-50(49,2)53(40-23-11-8-20-37(40)49)43-29-36-34-30-45-35(32-18-7-13-25-44(32)55-45)28-42(34)54(31-16-4-3-5-17-31)51-38-21-9-12-24-41(38)52-39-22-10-6-19-33(39)46(43)48(52)47(36)51/h3-13,16-25,28-30H,14-15,26-27H2,1-2H3. The summed E-state index contributed by atoms with van der Waals surface area (Å²) in [5, 5.41) is 5.37. The number of rotatable bonds is 2. The van der Waals surface area contributed by atoms with E-state index in [2.05, 4.69) is 174 Å². The highest BCUT2D eigenvalue weighted by atomic mass is 32.1. The molecule has 2 aromatic heterocycles. The number of hydrogen-bond acceptors (Lipinski definition) is 3. The summed E-state index contributed by atoms with van der Waals surface area (Å²) in [5.41, 5.74) is 16.0. The Balaban J connectivity index is 1.24. The zero-order valence-electron chi connectivity index (χ0n) is 31.0. The first-order valence-electron chi connectivity index (χ1n) is 19.9. The van der Waals surface area contributed by atoms with Crippen LogP contribution in [0.3, 0.4) is 0 Å². The maximum absolute atomic E-state index is 2.82. The van der Waals surface area contributed by atoms with Gasteiger partial charge in [0.25, 0.3) is 0 Å². The minimum atomic E-state index is -0.0657. The Kier molecular flexibility index (Phi) is 5.83. The molecule has 0 N–H and O–H groups in total. The number of nitrogens with zero attached hydrogens (tertiary/aromatic N) is 3. The van der Waals surface area contributed by atoms with E-state index in [4.69, 9.17) is 0 Å². The van der Waals surface area contributed by atoms with Crippen molar-refractivity contribution in [3.05, 3.63) is 151 Å². The van der Waals surface area contributed by atoms with Gasteiger partial charge in [-0.15, -0.1) is 11.3 Å². The van der Waals surface area contributed by atoms with Gasteiger partial charge in [0.15, 0.2) is 0 Å². The molecular formula is C50H38BN3S. The van der Waals surface area contributed by atoms with Crippen molar-refractivity contribution in [3.63, 3.8) is 0 Å². The summed E-state index contributed by atoms with van der Waals surface area (Å²) < 4.78 is 5.30. The van der Waals surface area contributed by atoms with Crippen molar-refractivity contribution in [1.29, 1.82) is 0 Å². The van der Waals surface area contributed by atoms with E-state index in [1.807, 2.05) is 11.3 Å². The molecule has 2 atom stereocenters. The average molecular weight is 724 g/mol. The van der Waals surface area contributed by atoms with E-state index in [1.54, 1.807) is 0 Å². The summed E-state index contributed by atoms with van der Waals surface area (Å²) in [6.45, 7) is 5.13. The fourth-order valence-corrected chi connectivity index (χ4v) is 12.8. The molecular weight excluding hydrogens is 685 g/mol. The molecule has 5 heteroatoms. The van der Waals surface area contributed by atoms with Crippen molar-refractivity contribution < 1.29 is 0 Å². The van der Waals surface area contributed by atoms with Crippen LogP contribution in [-0.2, 0) is 5.41 Å².